The van der Waals surface area contributed by atoms with Gasteiger partial charge in [0.25, 0.3) is 5.91 Å². The number of furan rings is 2. The highest BCUT2D eigenvalue weighted by Crippen LogP contribution is 2.32. The molecule has 0 atom stereocenters. The minimum atomic E-state index is -0.382. The van der Waals surface area contributed by atoms with Crippen LogP contribution in [0.4, 0.5) is 10.8 Å². The molecule has 0 aliphatic carbocycles. The van der Waals surface area contributed by atoms with E-state index in [9.17, 15) is 9.59 Å². The predicted octanol–water partition coefficient (Wildman–Crippen LogP) is 7.36. The van der Waals surface area contributed by atoms with E-state index in [2.05, 4.69) is 15.6 Å². The lowest BCUT2D eigenvalue weighted by Crippen LogP contribution is -2.10. The molecule has 0 unspecified atom stereocenters. The second-order valence-corrected chi connectivity index (χ2v) is 9.16. The van der Waals surface area contributed by atoms with Gasteiger partial charge in [-0.15, -0.1) is 0 Å². The Morgan fingerprint density at radius 3 is 2.69 bits per heavy atom. The second kappa shape index (κ2) is 9.79. The first kappa shape index (κ1) is 22.9. The van der Waals surface area contributed by atoms with Crippen LogP contribution in [0.5, 0.6) is 0 Å². The van der Waals surface area contributed by atoms with E-state index in [0.717, 1.165) is 4.70 Å². The average Bonchev–Trinajstić information content (AvgIpc) is 3.58. The lowest BCUT2D eigenvalue weighted by atomic mass is 10.2. The van der Waals surface area contributed by atoms with Crippen molar-refractivity contribution < 1.29 is 18.4 Å². The topological polar surface area (TPSA) is 97.4 Å². The molecule has 0 saturated heterocycles. The minimum Gasteiger partial charge on any atom is -0.459 e. The zero-order valence-corrected chi connectivity index (χ0v) is 20.1. The van der Waals surface area contributed by atoms with Crippen molar-refractivity contribution in [1.29, 1.82) is 0 Å². The molecular formula is C25H15Cl2N3O4S. The van der Waals surface area contributed by atoms with Crippen molar-refractivity contribution in [2.24, 2.45) is 0 Å². The zero-order chi connectivity index (χ0) is 24.4. The third kappa shape index (κ3) is 5.30. The maximum atomic E-state index is 12.4. The van der Waals surface area contributed by atoms with Crippen LogP contribution in [0, 0.1) is 0 Å². The van der Waals surface area contributed by atoms with Gasteiger partial charge < -0.3 is 14.2 Å². The number of nitrogens with zero attached hydrogens (tertiary/aromatic N) is 1. The summed E-state index contributed by atoms with van der Waals surface area (Å²) in [5.41, 5.74) is 1.99. The Hall–Kier alpha value is -3.85. The van der Waals surface area contributed by atoms with Gasteiger partial charge in [-0.1, -0.05) is 34.5 Å². The van der Waals surface area contributed by atoms with Crippen LogP contribution < -0.4 is 10.6 Å². The summed E-state index contributed by atoms with van der Waals surface area (Å²) in [6.07, 6.45) is 4.37. The Kier molecular flexibility index (Phi) is 6.41. The molecule has 10 heteroatoms. The Labute approximate surface area is 213 Å². The van der Waals surface area contributed by atoms with Gasteiger partial charge in [0, 0.05) is 22.3 Å². The van der Waals surface area contributed by atoms with Crippen LogP contribution in [-0.4, -0.2) is 16.8 Å². The highest BCUT2D eigenvalue weighted by atomic mass is 35.5. The first-order chi connectivity index (χ1) is 16.9. The lowest BCUT2D eigenvalue weighted by Gasteiger charge is -2.01. The number of anilines is 2. The summed E-state index contributed by atoms with van der Waals surface area (Å²) < 4.78 is 11.7. The number of carbonyl (C=O) groups excluding carboxylic acids is 2. The minimum absolute atomic E-state index is 0.198. The molecule has 174 valence electrons. The highest BCUT2D eigenvalue weighted by molar-refractivity contribution is 7.22. The molecule has 0 aliphatic rings. The number of amides is 2. The molecule has 0 fully saturated rings. The van der Waals surface area contributed by atoms with E-state index >= 15 is 0 Å². The highest BCUT2D eigenvalue weighted by Gasteiger charge is 2.13. The summed E-state index contributed by atoms with van der Waals surface area (Å²) in [6, 6.07) is 17.1. The third-order valence-electron chi connectivity index (χ3n) is 4.84. The van der Waals surface area contributed by atoms with E-state index in [4.69, 9.17) is 32.0 Å². The molecule has 0 radical (unpaired) electrons. The number of benzene rings is 2. The normalized spacial score (nSPS) is 11.3. The first-order valence-corrected chi connectivity index (χ1v) is 11.8. The standard InChI is InChI=1S/C25H15Cl2N3O4S/c26-14-3-7-17(18(27)12-14)20-9-5-16(34-20)6-10-23(31)28-15-4-8-19-22(13-15)35-25(29-19)30-24(32)21-2-1-11-33-21/h1-13H,(H,28,31)(H,29,30,32)/b10-6+. The van der Waals surface area contributed by atoms with E-state index in [-0.39, 0.29) is 17.6 Å². The smallest absolute Gasteiger partial charge is 0.293 e. The molecule has 7 nitrogen and oxygen atoms in total. The van der Waals surface area contributed by atoms with Gasteiger partial charge in [-0.25, -0.2) is 4.98 Å². The maximum Gasteiger partial charge on any atom is 0.293 e. The first-order valence-electron chi connectivity index (χ1n) is 10.2. The van der Waals surface area contributed by atoms with Crippen LogP contribution in [0.2, 0.25) is 10.0 Å². The summed E-state index contributed by atoms with van der Waals surface area (Å²) in [7, 11) is 0. The molecule has 0 aliphatic heterocycles. The molecular weight excluding hydrogens is 509 g/mol. The lowest BCUT2D eigenvalue weighted by molar-refractivity contribution is -0.111. The fourth-order valence-corrected chi connectivity index (χ4v) is 4.64. The van der Waals surface area contributed by atoms with Crippen molar-refractivity contribution in [3.63, 3.8) is 0 Å². The summed E-state index contributed by atoms with van der Waals surface area (Å²) in [5.74, 6) is 0.548. The monoisotopic (exact) mass is 523 g/mol. The summed E-state index contributed by atoms with van der Waals surface area (Å²) >= 11 is 13.5. The Morgan fingerprint density at radius 1 is 1.00 bits per heavy atom. The summed E-state index contributed by atoms with van der Waals surface area (Å²) in [6.45, 7) is 0. The molecule has 5 aromatic rings. The van der Waals surface area contributed by atoms with Gasteiger partial charge in [-0.05, 0) is 66.7 Å². The van der Waals surface area contributed by atoms with Gasteiger partial charge in [0.15, 0.2) is 10.9 Å². The van der Waals surface area contributed by atoms with Crippen LogP contribution in [0.3, 0.4) is 0 Å². The Bertz CT molecular complexity index is 1570. The van der Waals surface area contributed by atoms with Crippen LogP contribution in [0.15, 0.2) is 81.8 Å². The molecule has 2 aromatic carbocycles. The van der Waals surface area contributed by atoms with E-state index in [1.54, 1.807) is 66.7 Å². The average molecular weight is 524 g/mol. The summed E-state index contributed by atoms with van der Waals surface area (Å²) in [4.78, 5) is 28.9. The largest absolute Gasteiger partial charge is 0.459 e. The molecule has 35 heavy (non-hydrogen) atoms. The Morgan fingerprint density at radius 2 is 1.89 bits per heavy atom. The Balaban J connectivity index is 1.24. The van der Waals surface area contributed by atoms with E-state index in [0.29, 0.717) is 43.5 Å². The predicted molar refractivity (Wildman–Crippen MR) is 138 cm³/mol. The molecule has 0 saturated carbocycles. The molecule has 5 rings (SSSR count). The number of hydrogen-bond acceptors (Lipinski definition) is 6. The molecule has 2 amide bonds. The maximum absolute atomic E-state index is 12.4. The van der Waals surface area contributed by atoms with Crippen molar-refractivity contribution in [3.05, 3.63) is 94.6 Å². The zero-order valence-electron chi connectivity index (χ0n) is 17.7. The van der Waals surface area contributed by atoms with Crippen molar-refractivity contribution >= 4 is 73.5 Å². The number of halogens is 2. The van der Waals surface area contributed by atoms with Gasteiger partial charge in [0.05, 0.1) is 21.5 Å². The van der Waals surface area contributed by atoms with E-state index in [1.165, 1.54) is 23.7 Å². The van der Waals surface area contributed by atoms with Crippen molar-refractivity contribution in [2.75, 3.05) is 10.6 Å². The van der Waals surface area contributed by atoms with Gasteiger partial charge in [-0.2, -0.15) is 0 Å². The van der Waals surface area contributed by atoms with Crippen LogP contribution in [0.1, 0.15) is 16.3 Å². The van der Waals surface area contributed by atoms with Gasteiger partial charge >= 0.3 is 0 Å². The van der Waals surface area contributed by atoms with Crippen LogP contribution in [0.25, 0.3) is 27.6 Å². The van der Waals surface area contributed by atoms with Crippen molar-refractivity contribution in [3.8, 4) is 11.3 Å². The number of fused-ring (bicyclic) bond motifs is 1. The fraction of sp³-hybridized carbons (Fsp3) is 0. The molecule has 0 bridgehead atoms. The van der Waals surface area contributed by atoms with Gasteiger partial charge in [0.1, 0.15) is 11.5 Å². The number of rotatable bonds is 6. The van der Waals surface area contributed by atoms with E-state index in [1.807, 2.05) is 0 Å². The van der Waals surface area contributed by atoms with Gasteiger partial charge in [-0.3, -0.25) is 14.9 Å². The molecule has 3 aromatic heterocycles. The second-order valence-electron chi connectivity index (χ2n) is 7.28. The SMILES string of the molecule is O=C(/C=C/c1ccc(-c2ccc(Cl)cc2Cl)o1)Nc1ccc2nc(NC(=O)c3ccco3)sc2c1. The molecule has 3 heterocycles. The van der Waals surface area contributed by atoms with Crippen molar-refractivity contribution in [2.45, 2.75) is 0 Å². The van der Waals surface area contributed by atoms with Crippen LogP contribution in [-0.2, 0) is 4.79 Å². The van der Waals surface area contributed by atoms with Crippen molar-refractivity contribution in [1.82, 2.24) is 4.98 Å². The quantitative estimate of drug-likeness (QED) is 0.226. The molecule has 2 N–H and O–H groups in total. The number of nitrogens with one attached hydrogen (secondary N) is 2. The number of carbonyl (C=O) groups is 2. The summed E-state index contributed by atoms with van der Waals surface area (Å²) in [5, 5.41) is 6.95. The van der Waals surface area contributed by atoms with Crippen LogP contribution >= 0.6 is 34.5 Å². The number of aromatic nitrogens is 1. The fourth-order valence-electron chi connectivity index (χ4n) is 3.24. The number of thiazole rings is 1. The van der Waals surface area contributed by atoms with Gasteiger partial charge in [0.2, 0.25) is 5.91 Å². The number of hydrogen-bond donors (Lipinski definition) is 2. The van der Waals surface area contributed by atoms with E-state index < -0.39 is 0 Å². The molecule has 0 spiro atoms. The third-order valence-corrected chi connectivity index (χ3v) is 6.33.